The van der Waals surface area contributed by atoms with Crippen molar-refractivity contribution < 1.29 is 15.0 Å². The molecule has 0 spiro atoms. The van der Waals surface area contributed by atoms with E-state index in [0.29, 0.717) is 10.2 Å². The Bertz CT molecular complexity index is 356. The van der Waals surface area contributed by atoms with Crippen LogP contribution in [0.15, 0.2) is 22.7 Å². The molecule has 6 heteroatoms. The molecule has 0 heterocycles. The first-order chi connectivity index (χ1) is 6.56. The molecule has 76 valence electrons. The van der Waals surface area contributed by atoms with Crippen LogP contribution in [0.4, 0.5) is 5.69 Å². The van der Waals surface area contributed by atoms with Crippen molar-refractivity contribution in [1.82, 2.24) is 0 Å². The maximum absolute atomic E-state index is 10.5. The molecule has 1 rings (SSSR count). The van der Waals surface area contributed by atoms with Crippen molar-refractivity contribution in [3.05, 3.63) is 28.2 Å². The predicted octanol–water partition coefficient (Wildman–Crippen LogP) is 0.853. The number of hydrazine groups is 1. The van der Waals surface area contributed by atoms with Gasteiger partial charge in [-0.15, -0.1) is 0 Å². The monoisotopic (exact) mass is 260 g/mol. The summed E-state index contributed by atoms with van der Waals surface area (Å²) < 4.78 is 0.673. The number of carbonyl (C=O) groups is 1. The summed E-state index contributed by atoms with van der Waals surface area (Å²) in [5.74, 6) is 3.85. The summed E-state index contributed by atoms with van der Waals surface area (Å²) in [4.78, 5) is 10.5. The average Bonchev–Trinajstić information content (AvgIpc) is 2.16. The molecule has 1 unspecified atom stereocenters. The van der Waals surface area contributed by atoms with Gasteiger partial charge in [-0.1, -0.05) is 15.9 Å². The summed E-state index contributed by atoms with van der Waals surface area (Å²) in [7, 11) is 0. The van der Waals surface area contributed by atoms with Crippen LogP contribution >= 0.6 is 15.9 Å². The lowest BCUT2D eigenvalue weighted by Crippen LogP contribution is -2.16. The lowest BCUT2D eigenvalue weighted by molar-refractivity contribution is -0.146. The standard InChI is InChI=1S/C8H9BrN2O3/c9-4-1-2-6(11-10)5(3-4)7(12)8(13)14/h1-3,7,11-12H,10H2,(H,13,14). The van der Waals surface area contributed by atoms with Crippen LogP contribution in [0.2, 0.25) is 0 Å². The lowest BCUT2D eigenvalue weighted by Gasteiger charge is -2.11. The lowest BCUT2D eigenvalue weighted by atomic mass is 10.1. The summed E-state index contributed by atoms with van der Waals surface area (Å²) in [6, 6.07) is 4.76. The van der Waals surface area contributed by atoms with Crippen LogP contribution < -0.4 is 11.3 Å². The molecule has 0 aliphatic heterocycles. The number of aliphatic hydroxyl groups is 1. The van der Waals surface area contributed by atoms with Gasteiger partial charge in [-0.2, -0.15) is 0 Å². The smallest absolute Gasteiger partial charge is 0.337 e. The predicted molar refractivity (Wildman–Crippen MR) is 54.5 cm³/mol. The van der Waals surface area contributed by atoms with E-state index < -0.39 is 12.1 Å². The topological polar surface area (TPSA) is 95.6 Å². The number of hydrogen-bond donors (Lipinski definition) is 4. The molecular formula is C8H9BrN2O3. The number of nitrogens with two attached hydrogens (primary N) is 1. The van der Waals surface area contributed by atoms with Crippen LogP contribution in [0.1, 0.15) is 11.7 Å². The number of anilines is 1. The van der Waals surface area contributed by atoms with E-state index >= 15 is 0 Å². The minimum Gasteiger partial charge on any atom is -0.479 e. The molecular weight excluding hydrogens is 252 g/mol. The third kappa shape index (κ3) is 2.22. The van der Waals surface area contributed by atoms with Crippen LogP contribution in [0.5, 0.6) is 0 Å². The molecule has 0 aliphatic rings. The number of rotatable bonds is 3. The third-order valence-electron chi connectivity index (χ3n) is 1.70. The first-order valence-corrected chi connectivity index (χ1v) is 4.52. The van der Waals surface area contributed by atoms with Gasteiger partial charge in [0.05, 0.1) is 5.69 Å². The van der Waals surface area contributed by atoms with E-state index in [4.69, 9.17) is 10.9 Å². The van der Waals surface area contributed by atoms with Crippen molar-refractivity contribution in [3.63, 3.8) is 0 Å². The Hall–Kier alpha value is -1.11. The Morgan fingerprint density at radius 1 is 1.57 bits per heavy atom. The zero-order valence-electron chi connectivity index (χ0n) is 7.07. The van der Waals surface area contributed by atoms with Crippen LogP contribution in [0.25, 0.3) is 0 Å². The highest BCUT2D eigenvalue weighted by molar-refractivity contribution is 9.10. The molecule has 5 nitrogen and oxygen atoms in total. The Morgan fingerprint density at radius 2 is 2.21 bits per heavy atom. The van der Waals surface area contributed by atoms with Gasteiger partial charge in [0.25, 0.3) is 0 Å². The zero-order chi connectivity index (χ0) is 10.7. The molecule has 0 bridgehead atoms. The van der Waals surface area contributed by atoms with E-state index in [-0.39, 0.29) is 5.56 Å². The zero-order valence-corrected chi connectivity index (χ0v) is 8.65. The maximum Gasteiger partial charge on any atom is 0.337 e. The molecule has 0 amide bonds. The van der Waals surface area contributed by atoms with E-state index in [1.54, 1.807) is 12.1 Å². The SMILES string of the molecule is NNc1ccc(Br)cc1C(O)C(=O)O. The molecule has 5 N–H and O–H groups in total. The molecule has 0 saturated carbocycles. The molecule has 0 saturated heterocycles. The van der Waals surface area contributed by atoms with Crippen molar-refractivity contribution in [2.24, 2.45) is 5.84 Å². The number of aliphatic carboxylic acids is 1. The van der Waals surface area contributed by atoms with Crippen molar-refractivity contribution in [2.45, 2.75) is 6.10 Å². The fourth-order valence-corrected chi connectivity index (χ4v) is 1.40. The number of halogens is 1. The minimum atomic E-state index is -1.58. The summed E-state index contributed by atoms with van der Waals surface area (Å²) in [6.45, 7) is 0. The van der Waals surface area contributed by atoms with Gasteiger partial charge in [0.15, 0.2) is 6.10 Å². The number of aliphatic hydroxyl groups excluding tert-OH is 1. The van der Waals surface area contributed by atoms with Crippen molar-refractivity contribution in [1.29, 1.82) is 0 Å². The van der Waals surface area contributed by atoms with Gasteiger partial charge in [0, 0.05) is 10.0 Å². The summed E-state index contributed by atoms with van der Waals surface area (Å²) in [6.07, 6.45) is -1.58. The fourth-order valence-electron chi connectivity index (χ4n) is 1.02. The van der Waals surface area contributed by atoms with Gasteiger partial charge in [0.2, 0.25) is 0 Å². The van der Waals surface area contributed by atoms with Crippen LogP contribution in [-0.2, 0) is 4.79 Å². The Kier molecular flexibility index (Phi) is 3.45. The Morgan fingerprint density at radius 3 is 2.71 bits per heavy atom. The Labute approximate surface area is 88.6 Å². The number of benzene rings is 1. The first-order valence-electron chi connectivity index (χ1n) is 3.73. The molecule has 1 aromatic carbocycles. The highest BCUT2D eigenvalue weighted by atomic mass is 79.9. The fraction of sp³-hybridized carbons (Fsp3) is 0.125. The van der Waals surface area contributed by atoms with Crippen molar-refractivity contribution in [2.75, 3.05) is 5.43 Å². The molecule has 0 aromatic heterocycles. The van der Waals surface area contributed by atoms with Crippen molar-refractivity contribution >= 4 is 27.6 Å². The quantitative estimate of drug-likeness (QED) is 0.478. The van der Waals surface area contributed by atoms with Crippen molar-refractivity contribution in [3.8, 4) is 0 Å². The first kappa shape index (κ1) is 11.0. The second-order valence-corrected chi connectivity index (χ2v) is 3.53. The third-order valence-corrected chi connectivity index (χ3v) is 2.19. The highest BCUT2D eigenvalue weighted by Gasteiger charge is 2.19. The molecule has 1 atom stereocenters. The van der Waals surface area contributed by atoms with Gasteiger partial charge in [-0.25, -0.2) is 4.79 Å². The summed E-state index contributed by atoms with van der Waals surface area (Å²) in [5, 5.41) is 17.9. The number of carboxylic acids is 1. The second-order valence-electron chi connectivity index (χ2n) is 2.62. The maximum atomic E-state index is 10.5. The summed E-state index contributed by atoms with van der Waals surface area (Å²) >= 11 is 3.17. The van der Waals surface area contributed by atoms with Gasteiger partial charge in [-0.3, -0.25) is 5.84 Å². The molecule has 14 heavy (non-hydrogen) atoms. The van der Waals surface area contributed by atoms with Gasteiger partial charge in [-0.05, 0) is 18.2 Å². The molecule has 0 aliphatic carbocycles. The van der Waals surface area contributed by atoms with E-state index in [9.17, 15) is 9.90 Å². The van der Waals surface area contributed by atoms with Gasteiger partial charge in [0.1, 0.15) is 0 Å². The summed E-state index contributed by atoms with van der Waals surface area (Å²) in [5.41, 5.74) is 2.91. The largest absolute Gasteiger partial charge is 0.479 e. The molecule has 0 fully saturated rings. The average molecular weight is 261 g/mol. The van der Waals surface area contributed by atoms with E-state index in [2.05, 4.69) is 21.4 Å². The number of nitrogen functional groups attached to an aromatic ring is 1. The van der Waals surface area contributed by atoms with E-state index in [1.165, 1.54) is 6.07 Å². The number of hydrogen-bond acceptors (Lipinski definition) is 4. The number of carboxylic acid groups (broad SMARTS) is 1. The minimum absolute atomic E-state index is 0.217. The second kappa shape index (κ2) is 4.41. The number of nitrogens with one attached hydrogen (secondary N) is 1. The van der Waals surface area contributed by atoms with Crippen LogP contribution in [-0.4, -0.2) is 16.2 Å². The molecule has 1 aromatic rings. The van der Waals surface area contributed by atoms with Gasteiger partial charge >= 0.3 is 5.97 Å². The normalized spacial score (nSPS) is 12.2. The Balaban J connectivity index is 3.16. The van der Waals surface area contributed by atoms with Crippen LogP contribution in [0.3, 0.4) is 0 Å². The molecule has 0 radical (unpaired) electrons. The van der Waals surface area contributed by atoms with E-state index in [0.717, 1.165) is 0 Å². The van der Waals surface area contributed by atoms with Crippen LogP contribution in [0, 0.1) is 0 Å². The highest BCUT2D eigenvalue weighted by Crippen LogP contribution is 2.26. The van der Waals surface area contributed by atoms with Gasteiger partial charge < -0.3 is 15.6 Å². The van der Waals surface area contributed by atoms with E-state index in [1.807, 2.05) is 0 Å².